The summed E-state index contributed by atoms with van der Waals surface area (Å²) in [6, 6.07) is 5.74. The summed E-state index contributed by atoms with van der Waals surface area (Å²) in [5, 5.41) is 0. The normalized spacial score (nSPS) is 9.80. The van der Waals surface area contributed by atoms with Gasteiger partial charge in [0.1, 0.15) is 0 Å². The van der Waals surface area contributed by atoms with Crippen molar-refractivity contribution in [3.8, 4) is 5.75 Å². The molecule has 1 rings (SSSR count). The average molecular weight is 212 g/mol. The minimum atomic E-state index is -0.620. The molecule has 0 saturated carbocycles. The molecule has 0 aliphatic heterocycles. The van der Waals surface area contributed by atoms with Crippen LogP contribution in [0.25, 0.3) is 0 Å². The van der Waals surface area contributed by atoms with Gasteiger partial charge in [0.2, 0.25) is 0 Å². The SMILES string of the molecule is CN(CCN)C(=O)Oc1ccccc1F. The van der Waals surface area contributed by atoms with Crippen molar-refractivity contribution in [1.82, 2.24) is 4.90 Å². The fourth-order valence-corrected chi connectivity index (χ4v) is 0.984. The van der Waals surface area contributed by atoms with E-state index in [1.54, 1.807) is 6.07 Å². The summed E-state index contributed by atoms with van der Waals surface area (Å²) in [5.41, 5.74) is 5.27. The molecule has 0 fully saturated rings. The highest BCUT2D eigenvalue weighted by Crippen LogP contribution is 2.15. The molecule has 0 atom stereocenters. The minimum Gasteiger partial charge on any atom is -0.407 e. The van der Waals surface area contributed by atoms with E-state index >= 15 is 0 Å². The second-order valence-electron chi connectivity index (χ2n) is 3.01. The highest BCUT2D eigenvalue weighted by atomic mass is 19.1. The number of ether oxygens (including phenoxy) is 1. The molecule has 15 heavy (non-hydrogen) atoms. The van der Waals surface area contributed by atoms with Crippen molar-refractivity contribution in [2.24, 2.45) is 5.73 Å². The lowest BCUT2D eigenvalue weighted by Crippen LogP contribution is -2.34. The molecule has 0 heterocycles. The predicted octanol–water partition coefficient (Wildman–Crippen LogP) is 1.21. The summed E-state index contributed by atoms with van der Waals surface area (Å²) in [6.07, 6.45) is -0.620. The molecule has 4 nitrogen and oxygen atoms in total. The molecule has 0 saturated heterocycles. The first-order chi connectivity index (χ1) is 7.15. The third-order valence-electron chi connectivity index (χ3n) is 1.81. The lowest BCUT2D eigenvalue weighted by molar-refractivity contribution is 0.162. The third-order valence-corrected chi connectivity index (χ3v) is 1.81. The molecule has 0 aliphatic rings. The number of hydrogen-bond acceptors (Lipinski definition) is 3. The van der Waals surface area contributed by atoms with Gasteiger partial charge in [-0.05, 0) is 12.1 Å². The summed E-state index contributed by atoms with van der Waals surface area (Å²) in [5.74, 6) is -0.640. The van der Waals surface area contributed by atoms with Crippen LogP contribution in [0, 0.1) is 5.82 Å². The van der Waals surface area contributed by atoms with Crippen molar-refractivity contribution < 1.29 is 13.9 Å². The maximum Gasteiger partial charge on any atom is 0.415 e. The molecule has 0 aliphatic carbocycles. The number of benzene rings is 1. The van der Waals surface area contributed by atoms with E-state index in [1.165, 1.54) is 30.1 Å². The lowest BCUT2D eigenvalue weighted by Gasteiger charge is -2.15. The van der Waals surface area contributed by atoms with Gasteiger partial charge in [-0.3, -0.25) is 0 Å². The number of likely N-dealkylation sites (N-methyl/N-ethyl adjacent to an activating group) is 1. The molecule has 0 radical (unpaired) electrons. The Morgan fingerprint density at radius 1 is 1.53 bits per heavy atom. The fourth-order valence-electron chi connectivity index (χ4n) is 0.984. The van der Waals surface area contributed by atoms with Crippen molar-refractivity contribution in [3.05, 3.63) is 30.1 Å². The Bertz CT molecular complexity index is 344. The zero-order valence-corrected chi connectivity index (χ0v) is 8.44. The van der Waals surface area contributed by atoms with Crippen LogP contribution < -0.4 is 10.5 Å². The molecule has 2 N–H and O–H groups in total. The Labute approximate surface area is 87.4 Å². The van der Waals surface area contributed by atoms with Crippen LogP contribution in [0.4, 0.5) is 9.18 Å². The van der Waals surface area contributed by atoms with Gasteiger partial charge in [-0.15, -0.1) is 0 Å². The Kier molecular flexibility index (Phi) is 4.05. The van der Waals surface area contributed by atoms with Gasteiger partial charge < -0.3 is 15.4 Å². The average Bonchev–Trinajstić information content (AvgIpc) is 2.21. The topological polar surface area (TPSA) is 55.6 Å². The second-order valence-corrected chi connectivity index (χ2v) is 3.01. The number of hydrogen-bond donors (Lipinski definition) is 1. The van der Waals surface area contributed by atoms with Crippen LogP contribution in [0.2, 0.25) is 0 Å². The molecule has 5 heteroatoms. The van der Waals surface area contributed by atoms with E-state index in [-0.39, 0.29) is 5.75 Å². The van der Waals surface area contributed by atoms with Crippen LogP contribution in [-0.4, -0.2) is 31.1 Å². The monoisotopic (exact) mass is 212 g/mol. The number of nitrogens with zero attached hydrogens (tertiary/aromatic N) is 1. The van der Waals surface area contributed by atoms with Crippen LogP contribution in [0.1, 0.15) is 0 Å². The smallest absolute Gasteiger partial charge is 0.407 e. The predicted molar refractivity (Wildman–Crippen MR) is 54.1 cm³/mol. The van der Waals surface area contributed by atoms with Crippen molar-refractivity contribution in [3.63, 3.8) is 0 Å². The number of amides is 1. The van der Waals surface area contributed by atoms with Gasteiger partial charge in [0.05, 0.1) is 0 Å². The zero-order chi connectivity index (χ0) is 11.3. The van der Waals surface area contributed by atoms with Crippen LogP contribution in [-0.2, 0) is 0 Å². The molecule has 1 aromatic rings. The van der Waals surface area contributed by atoms with Crippen LogP contribution in [0.3, 0.4) is 0 Å². The Morgan fingerprint density at radius 3 is 2.80 bits per heavy atom. The highest BCUT2D eigenvalue weighted by molar-refractivity contribution is 5.70. The first-order valence-electron chi connectivity index (χ1n) is 4.52. The summed E-state index contributed by atoms with van der Waals surface area (Å²) in [7, 11) is 1.54. The summed E-state index contributed by atoms with van der Waals surface area (Å²) < 4.78 is 17.9. The molecular weight excluding hydrogens is 199 g/mol. The number of carbonyl (C=O) groups excluding carboxylic acids is 1. The number of halogens is 1. The van der Waals surface area contributed by atoms with E-state index in [2.05, 4.69) is 0 Å². The summed E-state index contributed by atoms with van der Waals surface area (Å²) >= 11 is 0. The standard InChI is InChI=1S/C10H13FN2O2/c1-13(7-6-12)10(14)15-9-5-3-2-4-8(9)11/h2-5H,6-7,12H2,1H3. The Hall–Kier alpha value is -1.62. The Morgan fingerprint density at radius 2 is 2.20 bits per heavy atom. The van der Waals surface area contributed by atoms with E-state index < -0.39 is 11.9 Å². The first kappa shape index (κ1) is 11.5. The number of para-hydroxylation sites is 1. The molecule has 1 aromatic carbocycles. The van der Waals surface area contributed by atoms with Crippen molar-refractivity contribution in [2.45, 2.75) is 0 Å². The number of carbonyl (C=O) groups is 1. The molecule has 82 valence electrons. The fraction of sp³-hybridized carbons (Fsp3) is 0.300. The van der Waals surface area contributed by atoms with Crippen LogP contribution in [0.15, 0.2) is 24.3 Å². The van der Waals surface area contributed by atoms with Crippen molar-refractivity contribution >= 4 is 6.09 Å². The largest absolute Gasteiger partial charge is 0.415 e. The van der Waals surface area contributed by atoms with Gasteiger partial charge in [0, 0.05) is 20.1 Å². The van der Waals surface area contributed by atoms with Gasteiger partial charge in [-0.25, -0.2) is 9.18 Å². The van der Waals surface area contributed by atoms with E-state index in [0.29, 0.717) is 13.1 Å². The third kappa shape index (κ3) is 3.21. The number of rotatable bonds is 3. The molecule has 0 spiro atoms. The summed E-state index contributed by atoms with van der Waals surface area (Å²) in [6.45, 7) is 0.705. The van der Waals surface area contributed by atoms with Crippen molar-refractivity contribution in [1.29, 1.82) is 0 Å². The van der Waals surface area contributed by atoms with Gasteiger partial charge in [0.25, 0.3) is 0 Å². The zero-order valence-electron chi connectivity index (χ0n) is 8.44. The minimum absolute atomic E-state index is 0.0774. The lowest BCUT2D eigenvalue weighted by atomic mass is 10.3. The Balaban J connectivity index is 2.62. The molecule has 0 bridgehead atoms. The van der Waals surface area contributed by atoms with E-state index in [1.807, 2.05) is 0 Å². The molecule has 0 aromatic heterocycles. The molecule has 1 amide bonds. The summed E-state index contributed by atoms with van der Waals surface area (Å²) in [4.78, 5) is 12.6. The van der Waals surface area contributed by atoms with Crippen LogP contribution in [0.5, 0.6) is 5.75 Å². The highest BCUT2D eigenvalue weighted by Gasteiger charge is 2.12. The maximum absolute atomic E-state index is 13.1. The van der Waals surface area contributed by atoms with Crippen LogP contribution >= 0.6 is 0 Å². The van der Waals surface area contributed by atoms with E-state index in [9.17, 15) is 9.18 Å². The maximum atomic E-state index is 13.1. The van der Waals surface area contributed by atoms with Gasteiger partial charge in [-0.1, -0.05) is 12.1 Å². The van der Waals surface area contributed by atoms with Gasteiger partial charge >= 0.3 is 6.09 Å². The van der Waals surface area contributed by atoms with Crippen molar-refractivity contribution in [2.75, 3.05) is 20.1 Å². The van der Waals surface area contributed by atoms with Gasteiger partial charge in [0.15, 0.2) is 11.6 Å². The van der Waals surface area contributed by atoms with Gasteiger partial charge in [-0.2, -0.15) is 0 Å². The number of nitrogens with two attached hydrogens (primary N) is 1. The van der Waals surface area contributed by atoms with E-state index in [4.69, 9.17) is 10.5 Å². The first-order valence-corrected chi connectivity index (χ1v) is 4.52. The molecular formula is C10H13FN2O2. The van der Waals surface area contributed by atoms with E-state index in [0.717, 1.165) is 0 Å². The second kappa shape index (κ2) is 5.31. The quantitative estimate of drug-likeness (QED) is 0.819. The molecule has 0 unspecified atom stereocenters.